The molecular formula is C25H31N3O5S. The molecule has 8 nitrogen and oxygen atoms in total. The lowest BCUT2D eigenvalue weighted by Crippen LogP contribution is -2.35. The van der Waals surface area contributed by atoms with E-state index in [1.807, 2.05) is 18.2 Å². The Bertz CT molecular complexity index is 1150. The van der Waals surface area contributed by atoms with Crippen LogP contribution in [0.25, 0.3) is 0 Å². The smallest absolute Gasteiger partial charge is 0.243 e. The van der Waals surface area contributed by atoms with Crippen molar-refractivity contribution in [2.45, 2.75) is 43.0 Å². The fraction of sp³-hybridized carbons (Fsp3) is 0.480. The number of amides is 1. The molecule has 9 heteroatoms. The van der Waals surface area contributed by atoms with Gasteiger partial charge < -0.3 is 14.8 Å². The van der Waals surface area contributed by atoms with Crippen molar-refractivity contribution in [3.63, 3.8) is 0 Å². The summed E-state index contributed by atoms with van der Waals surface area (Å²) in [6.07, 6.45) is 4.81. The summed E-state index contributed by atoms with van der Waals surface area (Å²) in [6, 6.07) is 12.7. The molecule has 2 aromatic rings. The van der Waals surface area contributed by atoms with Crippen LogP contribution in [-0.4, -0.2) is 62.9 Å². The molecule has 0 unspecified atom stereocenters. The first-order chi connectivity index (χ1) is 16.5. The molecule has 1 atom stereocenters. The van der Waals surface area contributed by atoms with Crippen LogP contribution < -0.4 is 14.8 Å². The minimum Gasteiger partial charge on any atom is -0.486 e. The normalized spacial score (nSPS) is 21.4. The highest BCUT2D eigenvalue weighted by atomic mass is 32.2. The summed E-state index contributed by atoms with van der Waals surface area (Å²) in [4.78, 5) is 15.3. The zero-order chi connectivity index (χ0) is 23.5. The molecule has 0 saturated carbocycles. The lowest BCUT2D eigenvalue weighted by molar-refractivity contribution is -0.117. The molecule has 1 N–H and O–H groups in total. The second kappa shape index (κ2) is 9.93. The van der Waals surface area contributed by atoms with Gasteiger partial charge in [0.1, 0.15) is 13.2 Å². The number of sulfonamides is 1. The van der Waals surface area contributed by atoms with Crippen molar-refractivity contribution >= 4 is 21.6 Å². The van der Waals surface area contributed by atoms with Gasteiger partial charge in [-0.1, -0.05) is 18.6 Å². The maximum atomic E-state index is 13.0. The Morgan fingerprint density at radius 1 is 0.941 bits per heavy atom. The van der Waals surface area contributed by atoms with Crippen LogP contribution in [-0.2, 0) is 14.8 Å². The second-order valence-electron chi connectivity index (χ2n) is 9.07. The molecule has 5 rings (SSSR count). The Morgan fingerprint density at radius 2 is 1.74 bits per heavy atom. The van der Waals surface area contributed by atoms with E-state index < -0.39 is 10.0 Å². The SMILES string of the molecule is O=C(CN1CCC[C@H]1c1ccc2c(c1)OCCO2)Nc1cccc(S(=O)(=O)N2CCCCC2)c1. The molecule has 0 radical (unpaired) electrons. The molecule has 182 valence electrons. The van der Waals surface area contributed by atoms with Gasteiger partial charge in [0, 0.05) is 24.8 Å². The third kappa shape index (κ3) is 4.92. The molecule has 1 amide bonds. The minimum absolute atomic E-state index is 0.132. The summed E-state index contributed by atoms with van der Waals surface area (Å²) in [6.45, 7) is 3.27. The second-order valence-corrected chi connectivity index (χ2v) is 11.0. The number of nitrogens with zero attached hydrogens (tertiary/aromatic N) is 2. The van der Waals surface area contributed by atoms with Gasteiger partial charge in [-0.2, -0.15) is 4.31 Å². The van der Waals surface area contributed by atoms with Crippen molar-refractivity contribution in [1.29, 1.82) is 0 Å². The summed E-state index contributed by atoms with van der Waals surface area (Å²) < 4.78 is 38.9. The average molecular weight is 486 g/mol. The van der Waals surface area contributed by atoms with Crippen LogP contribution in [0.3, 0.4) is 0 Å². The van der Waals surface area contributed by atoms with Crippen LogP contribution in [0.5, 0.6) is 11.5 Å². The summed E-state index contributed by atoms with van der Waals surface area (Å²) >= 11 is 0. The predicted octanol–water partition coefficient (Wildman–Crippen LogP) is 3.41. The first kappa shape index (κ1) is 23.1. The van der Waals surface area contributed by atoms with Gasteiger partial charge in [-0.25, -0.2) is 8.42 Å². The molecule has 2 fully saturated rings. The summed E-state index contributed by atoms with van der Waals surface area (Å²) in [5.41, 5.74) is 1.61. The molecule has 2 aromatic carbocycles. The summed E-state index contributed by atoms with van der Waals surface area (Å²) in [5.74, 6) is 1.36. The highest BCUT2D eigenvalue weighted by Gasteiger charge is 2.29. The molecule has 34 heavy (non-hydrogen) atoms. The number of likely N-dealkylation sites (tertiary alicyclic amines) is 1. The molecule has 3 aliphatic rings. The van der Waals surface area contributed by atoms with E-state index >= 15 is 0 Å². The van der Waals surface area contributed by atoms with E-state index in [-0.39, 0.29) is 23.4 Å². The van der Waals surface area contributed by atoms with E-state index in [1.165, 1.54) is 0 Å². The van der Waals surface area contributed by atoms with Crippen molar-refractivity contribution in [3.8, 4) is 11.5 Å². The molecule has 0 aromatic heterocycles. The fourth-order valence-electron chi connectivity index (χ4n) is 5.03. The maximum Gasteiger partial charge on any atom is 0.243 e. The minimum atomic E-state index is -3.55. The van der Waals surface area contributed by atoms with Crippen molar-refractivity contribution in [2.24, 2.45) is 0 Å². The van der Waals surface area contributed by atoms with Crippen LogP contribution in [0, 0.1) is 0 Å². The number of anilines is 1. The monoisotopic (exact) mass is 485 g/mol. The highest BCUT2D eigenvalue weighted by Crippen LogP contribution is 2.38. The largest absolute Gasteiger partial charge is 0.486 e. The van der Waals surface area contributed by atoms with E-state index in [0.29, 0.717) is 32.0 Å². The number of carbonyl (C=O) groups excluding carboxylic acids is 1. The Morgan fingerprint density at radius 3 is 2.56 bits per heavy atom. The van der Waals surface area contributed by atoms with Gasteiger partial charge in [-0.05, 0) is 68.1 Å². The third-order valence-corrected chi connectivity index (χ3v) is 8.63. The maximum absolute atomic E-state index is 13.0. The average Bonchev–Trinajstić information content (AvgIpc) is 3.32. The van der Waals surface area contributed by atoms with E-state index in [1.54, 1.807) is 28.6 Å². The van der Waals surface area contributed by atoms with Crippen LogP contribution in [0.2, 0.25) is 0 Å². The molecule has 0 spiro atoms. The Labute approximate surface area is 200 Å². The molecule has 0 aliphatic carbocycles. The Balaban J connectivity index is 1.25. The zero-order valence-corrected chi connectivity index (χ0v) is 20.1. The lowest BCUT2D eigenvalue weighted by atomic mass is 10.0. The number of hydrogen-bond acceptors (Lipinski definition) is 6. The van der Waals surface area contributed by atoms with E-state index in [4.69, 9.17) is 9.47 Å². The van der Waals surface area contributed by atoms with Crippen LogP contribution in [0.1, 0.15) is 43.7 Å². The van der Waals surface area contributed by atoms with Gasteiger partial charge >= 0.3 is 0 Å². The van der Waals surface area contributed by atoms with Crippen molar-refractivity contribution < 1.29 is 22.7 Å². The zero-order valence-electron chi connectivity index (χ0n) is 19.2. The van der Waals surface area contributed by atoms with Gasteiger partial charge in [0.25, 0.3) is 0 Å². The highest BCUT2D eigenvalue weighted by molar-refractivity contribution is 7.89. The van der Waals surface area contributed by atoms with E-state index in [2.05, 4.69) is 10.2 Å². The first-order valence-electron chi connectivity index (χ1n) is 12.0. The van der Waals surface area contributed by atoms with Crippen molar-refractivity contribution in [3.05, 3.63) is 48.0 Å². The molecular weight excluding hydrogens is 454 g/mol. The Hall–Kier alpha value is -2.62. The third-order valence-electron chi connectivity index (χ3n) is 6.73. The number of rotatable bonds is 6. The number of benzene rings is 2. The van der Waals surface area contributed by atoms with Crippen molar-refractivity contribution in [2.75, 3.05) is 44.7 Å². The number of carbonyl (C=O) groups is 1. The molecule has 0 bridgehead atoms. The lowest BCUT2D eigenvalue weighted by Gasteiger charge is -2.26. The first-order valence-corrected chi connectivity index (χ1v) is 13.5. The van der Waals surface area contributed by atoms with Crippen LogP contribution >= 0.6 is 0 Å². The quantitative estimate of drug-likeness (QED) is 0.675. The Kier molecular flexibility index (Phi) is 6.76. The van der Waals surface area contributed by atoms with Gasteiger partial charge in [0.15, 0.2) is 11.5 Å². The summed E-state index contributed by atoms with van der Waals surface area (Å²) in [5, 5.41) is 2.90. The number of fused-ring (bicyclic) bond motifs is 1. The predicted molar refractivity (Wildman–Crippen MR) is 129 cm³/mol. The van der Waals surface area contributed by atoms with E-state index in [9.17, 15) is 13.2 Å². The molecule has 2 saturated heterocycles. The van der Waals surface area contributed by atoms with Crippen molar-refractivity contribution in [1.82, 2.24) is 9.21 Å². The van der Waals surface area contributed by atoms with Gasteiger partial charge in [-0.3, -0.25) is 9.69 Å². The topological polar surface area (TPSA) is 88.2 Å². The number of nitrogens with one attached hydrogen (secondary N) is 1. The van der Waals surface area contributed by atoms with Crippen LogP contribution in [0.15, 0.2) is 47.4 Å². The van der Waals surface area contributed by atoms with Crippen LogP contribution in [0.4, 0.5) is 5.69 Å². The molecule has 3 heterocycles. The fourth-order valence-corrected chi connectivity index (χ4v) is 6.60. The number of ether oxygens (including phenoxy) is 2. The number of piperidine rings is 1. The van der Waals surface area contributed by atoms with Gasteiger partial charge in [0.2, 0.25) is 15.9 Å². The van der Waals surface area contributed by atoms with Gasteiger partial charge in [0.05, 0.1) is 11.4 Å². The van der Waals surface area contributed by atoms with E-state index in [0.717, 1.165) is 55.7 Å². The number of hydrogen-bond donors (Lipinski definition) is 1. The molecule has 3 aliphatic heterocycles. The van der Waals surface area contributed by atoms with Gasteiger partial charge in [-0.15, -0.1) is 0 Å². The summed E-state index contributed by atoms with van der Waals surface area (Å²) in [7, 11) is -3.55. The standard InChI is InChI=1S/C25H31N3O5S/c29-25(26-20-6-4-7-21(17-20)34(30,31)28-12-2-1-3-13-28)18-27-11-5-8-22(27)19-9-10-23-24(16-19)33-15-14-32-23/h4,6-7,9-10,16-17,22H,1-3,5,8,11-15,18H2,(H,26,29)/t22-/m0/s1.